The summed E-state index contributed by atoms with van der Waals surface area (Å²) in [5.41, 5.74) is 3.76. The summed E-state index contributed by atoms with van der Waals surface area (Å²) >= 11 is 0. The van der Waals surface area contributed by atoms with Gasteiger partial charge in [0.1, 0.15) is 5.75 Å². The summed E-state index contributed by atoms with van der Waals surface area (Å²) < 4.78 is 5.56. The van der Waals surface area contributed by atoms with Crippen molar-refractivity contribution >= 4 is 39.6 Å². The number of anilines is 3. The van der Waals surface area contributed by atoms with Crippen molar-refractivity contribution in [3.8, 4) is 5.75 Å². The molecule has 1 aliphatic heterocycles. The largest absolute Gasteiger partial charge is 0.495 e. The minimum atomic E-state index is -0.196. The number of rotatable bonds is 7. The fourth-order valence-corrected chi connectivity index (χ4v) is 5.26. The molecule has 1 aliphatic carbocycles. The van der Waals surface area contributed by atoms with Gasteiger partial charge in [-0.1, -0.05) is 48.5 Å². The number of para-hydroxylation sites is 2. The Kier molecular flexibility index (Phi) is 6.80. The molecule has 0 spiro atoms. The van der Waals surface area contributed by atoms with Crippen molar-refractivity contribution in [2.24, 2.45) is 0 Å². The van der Waals surface area contributed by atoms with Gasteiger partial charge >= 0.3 is 0 Å². The van der Waals surface area contributed by atoms with Crippen molar-refractivity contribution in [3.05, 3.63) is 96.1 Å². The summed E-state index contributed by atoms with van der Waals surface area (Å²) in [6, 6.07) is 27.5. The fourth-order valence-electron chi connectivity index (χ4n) is 5.26. The molecule has 2 N–H and O–H groups in total. The maximum Gasteiger partial charge on any atom is 0.256 e. The predicted octanol–water partition coefficient (Wildman–Crippen LogP) is 5.32. The van der Waals surface area contributed by atoms with E-state index in [1.165, 1.54) is 0 Å². The average Bonchev–Trinajstić information content (AvgIpc) is 3.81. The summed E-state index contributed by atoms with van der Waals surface area (Å²) in [6.45, 7) is 3.15. The van der Waals surface area contributed by atoms with Crippen LogP contribution in [0.5, 0.6) is 5.75 Å². The summed E-state index contributed by atoms with van der Waals surface area (Å²) in [4.78, 5) is 31.2. The quantitative estimate of drug-likeness (QED) is 0.345. The Morgan fingerprint density at radius 1 is 0.744 bits per heavy atom. The van der Waals surface area contributed by atoms with E-state index in [1.54, 1.807) is 7.11 Å². The number of hydrogen-bond donors (Lipinski definition) is 2. The number of ether oxygens (including phenoxy) is 1. The smallest absolute Gasteiger partial charge is 0.256 e. The number of hydrogen-bond acceptors (Lipinski definition) is 5. The molecule has 0 bridgehead atoms. The molecule has 0 unspecified atom stereocenters. The van der Waals surface area contributed by atoms with Crippen LogP contribution in [0.4, 0.5) is 17.1 Å². The van der Waals surface area contributed by atoms with Crippen LogP contribution in [0.2, 0.25) is 0 Å². The van der Waals surface area contributed by atoms with Crippen molar-refractivity contribution in [2.75, 3.05) is 48.4 Å². The zero-order valence-corrected chi connectivity index (χ0v) is 22.0. The molecule has 4 aromatic carbocycles. The minimum absolute atomic E-state index is 0.0964. The molecule has 7 nitrogen and oxygen atoms in total. The van der Waals surface area contributed by atoms with Gasteiger partial charge in [-0.3, -0.25) is 9.59 Å². The van der Waals surface area contributed by atoms with Crippen LogP contribution in [-0.2, 0) is 0 Å². The Hall–Kier alpha value is -4.52. The highest BCUT2D eigenvalue weighted by Crippen LogP contribution is 2.32. The van der Waals surface area contributed by atoms with Crippen molar-refractivity contribution < 1.29 is 14.3 Å². The van der Waals surface area contributed by atoms with E-state index in [9.17, 15) is 9.59 Å². The molecule has 2 aliphatic rings. The van der Waals surface area contributed by atoms with Gasteiger partial charge in [-0.2, -0.15) is 0 Å². The van der Waals surface area contributed by atoms with Crippen molar-refractivity contribution in [1.82, 2.24) is 5.32 Å². The molecule has 0 atom stereocenters. The SMILES string of the molecule is COc1ccccc1N1CCN(c2ccc(NC(=O)c3cccc4ccccc34)cc2C(=O)NC2CC2)CC1. The molecule has 1 saturated heterocycles. The van der Waals surface area contributed by atoms with Crippen LogP contribution in [0.25, 0.3) is 10.8 Å². The van der Waals surface area contributed by atoms with Crippen molar-refractivity contribution in [2.45, 2.75) is 18.9 Å². The van der Waals surface area contributed by atoms with E-state index >= 15 is 0 Å². The van der Waals surface area contributed by atoms with Gasteiger partial charge in [0.2, 0.25) is 0 Å². The first kappa shape index (κ1) is 24.8. The highest BCUT2D eigenvalue weighted by Gasteiger charge is 2.28. The Morgan fingerprint density at radius 2 is 1.44 bits per heavy atom. The van der Waals surface area contributed by atoms with E-state index in [0.29, 0.717) is 16.8 Å². The molecule has 4 aromatic rings. The summed E-state index contributed by atoms with van der Waals surface area (Å²) in [6.07, 6.45) is 2.02. The van der Waals surface area contributed by atoms with E-state index in [1.807, 2.05) is 78.9 Å². The Morgan fingerprint density at radius 3 is 2.21 bits per heavy atom. The van der Waals surface area contributed by atoms with Crippen LogP contribution in [-0.4, -0.2) is 51.1 Å². The number of benzene rings is 4. The lowest BCUT2D eigenvalue weighted by Gasteiger charge is -2.38. The van der Waals surface area contributed by atoms with Gasteiger partial charge in [0, 0.05) is 49.2 Å². The van der Waals surface area contributed by atoms with E-state index in [4.69, 9.17) is 4.74 Å². The Balaban J connectivity index is 1.24. The number of piperazine rings is 1. The zero-order valence-electron chi connectivity index (χ0n) is 22.0. The predicted molar refractivity (Wildman–Crippen MR) is 156 cm³/mol. The van der Waals surface area contributed by atoms with E-state index in [2.05, 4.69) is 26.5 Å². The molecule has 1 heterocycles. The molecule has 198 valence electrons. The highest BCUT2D eigenvalue weighted by atomic mass is 16.5. The van der Waals surface area contributed by atoms with Gasteiger partial charge in [0.25, 0.3) is 11.8 Å². The number of nitrogens with zero attached hydrogens (tertiary/aromatic N) is 2. The molecular weight excluding hydrogens is 488 g/mol. The second kappa shape index (κ2) is 10.7. The van der Waals surface area contributed by atoms with Gasteiger partial charge in [-0.15, -0.1) is 0 Å². The first-order chi connectivity index (χ1) is 19.1. The third-order valence-electron chi connectivity index (χ3n) is 7.49. The monoisotopic (exact) mass is 520 g/mol. The molecule has 6 rings (SSSR count). The molecule has 0 radical (unpaired) electrons. The normalized spacial score (nSPS) is 15.2. The number of carbonyl (C=O) groups excluding carboxylic acids is 2. The molecule has 1 saturated carbocycles. The van der Waals surface area contributed by atoms with Crippen molar-refractivity contribution in [3.63, 3.8) is 0 Å². The van der Waals surface area contributed by atoms with Crippen molar-refractivity contribution in [1.29, 1.82) is 0 Å². The van der Waals surface area contributed by atoms with Crippen LogP contribution in [0.3, 0.4) is 0 Å². The third kappa shape index (κ3) is 5.25. The maximum atomic E-state index is 13.3. The van der Waals surface area contributed by atoms with Gasteiger partial charge in [0.05, 0.1) is 18.4 Å². The lowest BCUT2D eigenvalue weighted by molar-refractivity contribution is 0.0950. The highest BCUT2D eigenvalue weighted by molar-refractivity contribution is 6.13. The van der Waals surface area contributed by atoms with Gasteiger partial charge in [-0.25, -0.2) is 0 Å². The van der Waals surface area contributed by atoms with Crippen LogP contribution in [0.1, 0.15) is 33.6 Å². The summed E-state index contributed by atoms with van der Waals surface area (Å²) in [5, 5.41) is 8.07. The van der Waals surface area contributed by atoms with Gasteiger partial charge < -0.3 is 25.2 Å². The minimum Gasteiger partial charge on any atom is -0.495 e. The molecule has 2 amide bonds. The van der Waals surface area contributed by atoms with E-state index < -0.39 is 0 Å². The first-order valence-corrected chi connectivity index (χ1v) is 13.5. The van der Waals surface area contributed by atoms with Gasteiger partial charge in [-0.05, 0) is 60.0 Å². The molecule has 39 heavy (non-hydrogen) atoms. The standard InChI is InChI=1S/C32H32N4O3/c1-39-30-12-5-4-11-29(30)36-19-17-35(18-20-36)28-16-15-24(21-27(28)32(38)33-23-13-14-23)34-31(37)26-10-6-8-22-7-2-3-9-25(22)26/h2-12,15-16,21,23H,13-14,17-20H2,1H3,(H,33,38)(H,34,37). The topological polar surface area (TPSA) is 73.9 Å². The summed E-state index contributed by atoms with van der Waals surface area (Å²) in [7, 11) is 1.69. The first-order valence-electron chi connectivity index (χ1n) is 13.5. The number of nitrogens with one attached hydrogen (secondary N) is 2. The number of methoxy groups -OCH3 is 1. The third-order valence-corrected chi connectivity index (χ3v) is 7.49. The van der Waals surface area contributed by atoms with E-state index in [-0.39, 0.29) is 17.9 Å². The second-order valence-electron chi connectivity index (χ2n) is 10.1. The second-order valence-corrected chi connectivity index (χ2v) is 10.1. The molecule has 7 heteroatoms. The fraction of sp³-hybridized carbons (Fsp3) is 0.250. The van der Waals surface area contributed by atoms with Gasteiger partial charge in [0.15, 0.2) is 0 Å². The number of amides is 2. The van der Waals surface area contributed by atoms with Crippen LogP contribution in [0, 0.1) is 0 Å². The molecular formula is C32H32N4O3. The molecule has 2 fully saturated rings. The summed E-state index contributed by atoms with van der Waals surface area (Å²) in [5.74, 6) is 0.571. The lowest BCUT2D eigenvalue weighted by atomic mass is 10.0. The number of fused-ring (bicyclic) bond motifs is 1. The zero-order chi connectivity index (χ0) is 26.8. The Bertz CT molecular complexity index is 1520. The maximum absolute atomic E-state index is 13.3. The Labute approximate surface area is 228 Å². The number of carbonyl (C=O) groups is 2. The van der Waals surface area contributed by atoms with Crippen LogP contribution in [0.15, 0.2) is 84.9 Å². The molecule has 0 aromatic heterocycles. The van der Waals surface area contributed by atoms with E-state index in [0.717, 1.165) is 66.9 Å². The van der Waals surface area contributed by atoms with Crippen LogP contribution < -0.4 is 25.2 Å². The lowest BCUT2D eigenvalue weighted by Crippen LogP contribution is -2.47. The average molecular weight is 521 g/mol. The van der Waals surface area contributed by atoms with Crippen LogP contribution >= 0.6 is 0 Å².